The van der Waals surface area contributed by atoms with Gasteiger partial charge in [-0.25, -0.2) is 4.79 Å². The summed E-state index contributed by atoms with van der Waals surface area (Å²) in [6.07, 6.45) is 0. The molecule has 5 nitrogen and oxygen atoms in total. The van der Waals surface area contributed by atoms with E-state index in [1.807, 2.05) is 37.3 Å². The van der Waals surface area contributed by atoms with Crippen LogP contribution in [0, 0.1) is 6.92 Å². The maximum absolute atomic E-state index is 11.8. The van der Waals surface area contributed by atoms with Gasteiger partial charge < -0.3 is 15.2 Å². The van der Waals surface area contributed by atoms with Crippen molar-refractivity contribution in [2.45, 2.75) is 13.5 Å². The molecule has 0 heterocycles. The van der Waals surface area contributed by atoms with Gasteiger partial charge in [-0.3, -0.25) is 4.79 Å². The average molecular weight is 299 g/mol. The van der Waals surface area contributed by atoms with E-state index >= 15 is 0 Å². The number of carboxylic acids is 1. The average Bonchev–Trinajstić information content (AvgIpc) is 2.51. The molecular weight excluding hydrogens is 282 g/mol. The predicted octanol–water partition coefficient (Wildman–Crippen LogP) is 2.39. The summed E-state index contributed by atoms with van der Waals surface area (Å²) in [6, 6.07) is 14.3. The summed E-state index contributed by atoms with van der Waals surface area (Å²) in [5.41, 5.74) is 1.89. The number of nitrogens with one attached hydrogen (secondary N) is 1. The van der Waals surface area contributed by atoms with Gasteiger partial charge in [0, 0.05) is 6.54 Å². The second-order valence-corrected chi connectivity index (χ2v) is 4.86. The Bertz CT molecular complexity index is 668. The van der Waals surface area contributed by atoms with Crippen molar-refractivity contribution in [2.24, 2.45) is 0 Å². The predicted molar refractivity (Wildman–Crippen MR) is 81.9 cm³/mol. The molecule has 0 aliphatic heterocycles. The maximum atomic E-state index is 11.8. The van der Waals surface area contributed by atoms with Crippen LogP contribution in [0.5, 0.6) is 5.75 Å². The highest BCUT2D eigenvalue weighted by molar-refractivity contribution is 5.91. The molecule has 22 heavy (non-hydrogen) atoms. The highest BCUT2D eigenvalue weighted by atomic mass is 16.5. The Hall–Kier alpha value is -2.82. The minimum Gasteiger partial charge on any atom is -0.483 e. The van der Waals surface area contributed by atoms with Gasteiger partial charge in [-0.2, -0.15) is 0 Å². The van der Waals surface area contributed by atoms with Crippen LogP contribution in [0.3, 0.4) is 0 Å². The van der Waals surface area contributed by atoms with Crippen molar-refractivity contribution in [3.8, 4) is 5.75 Å². The van der Waals surface area contributed by atoms with Gasteiger partial charge in [-0.15, -0.1) is 0 Å². The van der Waals surface area contributed by atoms with E-state index in [9.17, 15) is 9.59 Å². The number of ether oxygens (including phenoxy) is 1. The fourth-order valence-corrected chi connectivity index (χ4v) is 1.92. The summed E-state index contributed by atoms with van der Waals surface area (Å²) < 4.78 is 5.34. The summed E-state index contributed by atoms with van der Waals surface area (Å²) >= 11 is 0. The van der Waals surface area contributed by atoms with Gasteiger partial charge in [0.15, 0.2) is 6.61 Å². The van der Waals surface area contributed by atoms with Crippen LogP contribution in [-0.2, 0) is 11.3 Å². The maximum Gasteiger partial charge on any atom is 0.339 e. The number of aryl methyl sites for hydroxylation is 1. The van der Waals surface area contributed by atoms with E-state index in [1.165, 1.54) is 6.07 Å². The zero-order chi connectivity index (χ0) is 15.9. The monoisotopic (exact) mass is 299 g/mol. The van der Waals surface area contributed by atoms with Gasteiger partial charge in [-0.05, 0) is 30.2 Å². The van der Waals surface area contributed by atoms with E-state index in [2.05, 4.69) is 5.32 Å². The number of rotatable bonds is 6. The molecule has 2 N–H and O–H groups in total. The normalized spacial score (nSPS) is 10.0. The van der Waals surface area contributed by atoms with E-state index in [1.54, 1.807) is 12.1 Å². The number of carboxylic acid groups (broad SMARTS) is 1. The largest absolute Gasteiger partial charge is 0.483 e. The first-order valence-electron chi connectivity index (χ1n) is 6.83. The standard InChI is InChI=1S/C17H17NO4/c1-12-7-8-14(17(20)21)15(9-12)22-11-16(19)18-10-13-5-3-2-4-6-13/h2-9H,10-11H2,1H3,(H,18,19)(H,20,21). The first-order valence-corrected chi connectivity index (χ1v) is 6.83. The lowest BCUT2D eigenvalue weighted by molar-refractivity contribution is -0.123. The van der Waals surface area contributed by atoms with Crippen molar-refractivity contribution < 1.29 is 19.4 Å². The van der Waals surface area contributed by atoms with Crippen molar-refractivity contribution in [1.29, 1.82) is 0 Å². The van der Waals surface area contributed by atoms with Crippen LogP contribution in [-0.4, -0.2) is 23.6 Å². The Labute approximate surface area is 128 Å². The van der Waals surface area contributed by atoms with Gasteiger partial charge in [0.25, 0.3) is 5.91 Å². The zero-order valence-corrected chi connectivity index (χ0v) is 12.2. The van der Waals surface area contributed by atoms with Gasteiger partial charge in [0.1, 0.15) is 11.3 Å². The lowest BCUT2D eigenvalue weighted by Crippen LogP contribution is -2.28. The van der Waals surface area contributed by atoms with Crippen molar-refractivity contribution >= 4 is 11.9 Å². The Morgan fingerprint density at radius 1 is 1.14 bits per heavy atom. The number of carbonyl (C=O) groups is 2. The molecule has 2 aromatic rings. The minimum absolute atomic E-state index is 0.0430. The zero-order valence-electron chi connectivity index (χ0n) is 12.2. The van der Waals surface area contributed by atoms with Crippen LogP contribution in [0.15, 0.2) is 48.5 Å². The summed E-state index contributed by atoms with van der Waals surface area (Å²) in [5, 5.41) is 11.8. The molecule has 0 aliphatic carbocycles. The molecule has 0 saturated heterocycles. The highest BCUT2D eigenvalue weighted by Crippen LogP contribution is 2.20. The number of aromatic carboxylic acids is 1. The molecule has 1 amide bonds. The summed E-state index contributed by atoms with van der Waals surface area (Å²) in [5.74, 6) is -1.19. The molecule has 0 unspecified atom stereocenters. The molecule has 2 rings (SSSR count). The van der Waals surface area contributed by atoms with Gasteiger partial charge in [0.05, 0.1) is 0 Å². The third-order valence-electron chi connectivity index (χ3n) is 3.06. The molecule has 0 saturated carbocycles. The number of amides is 1. The molecule has 0 fully saturated rings. The number of hydrogen-bond acceptors (Lipinski definition) is 3. The quantitative estimate of drug-likeness (QED) is 0.858. The topological polar surface area (TPSA) is 75.6 Å². The van der Waals surface area contributed by atoms with E-state index in [0.717, 1.165) is 11.1 Å². The third kappa shape index (κ3) is 4.34. The van der Waals surface area contributed by atoms with Gasteiger partial charge in [-0.1, -0.05) is 36.4 Å². The second kappa shape index (κ2) is 7.26. The SMILES string of the molecule is Cc1ccc(C(=O)O)c(OCC(=O)NCc2ccccc2)c1. The lowest BCUT2D eigenvalue weighted by Gasteiger charge is -2.10. The fraction of sp³-hybridized carbons (Fsp3) is 0.176. The summed E-state index contributed by atoms with van der Waals surface area (Å²) in [4.78, 5) is 22.9. The number of carbonyl (C=O) groups excluding carboxylic acids is 1. The smallest absolute Gasteiger partial charge is 0.339 e. The number of benzene rings is 2. The molecular formula is C17H17NO4. The van der Waals surface area contributed by atoms with Gasteiger partial charge >= 0.3 is 5.97 Å². The van der Waals surface area contributed by atoms with Crippen LogP contribution in [0.25, 0.3) is 0 Å². The van der Waals surface area contributed by atoms with Crippen molar-refractivity contribution in [2.75, 3.05) is 6.61 Å². The molecule has 0 aromatic heterocycles. The Morgan fingerprint density at radius 2 is 1.86 bits per heavy atom. The highest BCUT2D eigenvalue weighted by Gasteiger charge is 2.12. The molecule has 0 aliphatic rings. The van der Waals surface area contributed by atoms with Crippen LogP contribution in [0.1, 0.15) is 21.5 Å². The third-order valence-corrected chi connectivity index (χ3v) is 3.06. The molecule has 114 valence electrons. The second-order valence-electron chi connectivity index (χ2n) is 4.86. The molecule has 0 spiro atoms. The summed E-state index contributed by atoms with van der Waals surface area (Å²) in [7, 11) is 0. The molecule has 2 aromatic carbocycles. The minimum atomic E-state index is -1.08. The van der Waals surface area contributed by atoms with Crippen molar-refractivity contribution in [3.05, 3.63) is 65.2 Å². The van der Waals surface area contributed by atoms with E-state index in [4.69, 9.17) is 9.84 Å². The fourth-order valence-electron chi connectivity index (χ4n) is 1.92. The van der Waals surface area contributed by atoms with Crippen molar-refractivity contribution in [3.63, 3.8) is 0 Å². The molecule has 5 heteroatoms. The van der Waals surface area contributed by atoms with E-state index in [-0.39, 0.29) is 23.8 Å². The van der Waals surface area contributed by atoms with Gasteiger partial charge in [0.2, 0.25) is 0 Å². The first-order chi connectivity index (χ1) is 10.6. The van der Waals surface area contributed by atoms with Crippen molar-refractivity contribution in [1.82, 2.24) is 5.32 Å². The number of hydrogen-bond donors (Lipinski definition) is 2. The Morgan fingerprint density at radius 3 is 2.55 bits per heavy atom. The first kappa shape index (κ1) is 15.6. The van der Waals surface area contributed by atoms with E-state index < -0.39 is 5.97 Å². The molecule has 0 bridgehead atoms. The summed E-state index contributed by atoms with van der Waals surface area (Å²) in [6.45, 7) is 2.01. The molecule has 0 radical (unpaired) electrons. The van der Waals surface area contributed by atoms with Crippen LogP contribution >= 0.6 is 0 Å². The van der Waals surface area contributed by atoms with Crippen LogP contribution < -0.4 is 10.1 Å². The Balaban J connectivity index is 1.91. The van der Waals surface area contributed by atoms with Crippen LogP contribution in [0.4, 0.5) is 0 Å². The lowest BCUT2D eigenvalue weighted by atomic mass is 10.1. The van der Waals surface area contributed by atoms with E-state index in [0.29, 0.717) is 6.54 Å². The Kier molecular flexibility index (Phi) is 5.14. The molecule has 0 atom stereocenters. The van der Waals surface area contributed by atoms with Crippen LogP contribution in [0.2, 0.25) is 0 Å².